The van der Waals surface area contributed by atoms with Crippen molar-refractivity contribution in [1.82, 2.24) is 0 Å². The molecule has 0 heterocycles. The van der Waals surface area contributed by atoms with Crippen molar-refractivity contribution in [3.05, 3.63) is 36.1 Å². The highest BCUT2D eigenvalue weighted by molar-refractivity contribution is 5.40. The highest BCUT2D eigenvalue weighted by atomic mass is 16.3. The van der Waals surface area contributed by atoms with Crippen LogP contribution in [-0.4, -0.2) is 5.11 Å². The first kappa shape index (κ1) is 10.5. The van der Waals surface area contributed by atoms with Crippen molar-refractivity contribution >= 4 is 0 Å². The fraction of sp³-hybridized carbons (Fsp3) is 0.571. The van der Waals surface area contributed by atoms with E-state index in [-0.39, 0.29) is 5.76 Å². The molecule has 0 aromatic rings. The predicted octanol–water partition coefficient (Wildman–Crippen LogP) is 4.29. The van der Waals surface area contributed by atoms with Gasteiger partial charge in [0, 0.05) is 0 Å². The van der Waals surface area contributed by atoms with Crippen LogP contribution < -0.4 is 0 Å². The van der Waals surface area contributed by atoms with Crippen LogP contribution in [0.15, 0.2) is 36.1 Å². The highest BCUT2D eigenvalue weighted by Crippen LogP contribution is 2.52. The number of rotatable bonds is 2. The van der Waals surface area contributed by atoms with E-state index in [0.29, 0.717) is 5.41 Å². The van der Waals surface area contributed by atoms with Gasteiger partial charge in [-0.1, -0.05) is 38.5 Å². The number of hydrogen-bond acceptors (Lipinski definition) is 1. The fourth-order valence-electron chi connectivity index (χ4n) is 3.20. The second-order valence-electron chi connectivity index (χ2n) is 5.07. The molecular formula is C14H20O. The summed E-state index contributed by atoms with van der Waals surface area (Å²) >= 11 is 0. The number of hydrogen-bond donors (Lipinski definition) is 1. The van der Waals surface area contributed by atoms with E-state index in [1.54, 1.807) is 0 Å². The third-order valence-corrected chi connectivity index (χ3v) is 4.01. The third-order valence-electron chi connectivity index (χ3n) is 4.01. The average molecular weight is 204 g/mol. The standard InChI is InChI=1S/C14H20O/c1-3-12-9-14(7-5-4-6-8-14)10-13(12)11(2)15/h3,15H,1-2,4-10H2. The summed E-state index contributed by atoms with van der Waals surface area (Å²) in [5.41, 5.74) is 2.72. The maximum absolute atomic E-state index is 9.57. The molecule has 2 aliphatic carbocycles. The Bertz CT molecular complexity index is 316. The van der Waals surface area contributed by atoms with Crippen molar-refractivity contribution in [2.75, 3.05) is 0 Å². The predicted molar refractivity (Wildman–Crippen MR) is 63.7 cm³/mol. The van der Waals surface area contributed by atoms with Gasteiger partial charge >= 0.3 is 0 Å². The normalized spacial score (nSPS) is 24.5. The summed E-state index contributed by atoms with van der Waals surface area (Å²) in [4.78, 5) is 0. The van der Waals surface area contributed by atoms with Crippen molar-refractivity contribution < 1.29 is 5.11 Å². The molecule has 0 saturated heterocycles. The van der Waals surface area contributed by atoms with Gasteiger partial charge in [0.2, 0.25) is 0 Å². The molecule has 1 saturated carbocycles. The van der Waals surface area contributed by atoms with Gasteiger partial charge < -0.3 is 5.11 Å². The SMILES string of the molecule is C=CC1=C(C(=C)O)CC2(CCCCC2)C1. The summed E-state index contributed by atoms with van der Waals surface area (Å²) in [5, 5.41) is 9.57. The van der Waals surface area contributed by atoms with Crippen LogP contribution in [0, 0.1) is 5.41 Å². The van der Waals surface area contributed by atoms with E-state index < -0.39 is 0 Å². The van der Waals surface area contributed by atoms with Crippen LogP contribution in [0.4, 0.5) is 0 Å². The lowest BCUT2D eigenvalue weighted by atomic mass is 9.71. The van der Waals surface area contributed by atoms with Crippen molar-refractivity contribution in [2.45, 2.75) is 44.9 Å². The van der Waals surface area contributed by atoms with Crippen LogP contribution in [0.2, 0.25) is 0 Å². The lowest BCUT2D eigenvalue weighted by Crippen LogP contribution is -2.21. The molecule has 1 fully saturated rings. The van der Waals surface area contributed by atoms with Crippen molar-refractivity contribution in [2.24, 2.45) is 5.41 Å². The first-order valence-electron chi connectivity index (χ1n) is 5.90. The Hall–Kier alpha value is -0.980. The molecule has 0 aromatic carbocycles. The van der Waals surface area contributed by atoms with Crippen molar-refractivity contribution in [1.29, 1.82) is 0 Å². The molecule has 0 aliphatic heterocycles. The fourth-order valence-corrected chi connectivity index (χ4v) is 3.20. The summed E-state index contributed by atoms with van der Waals surface area (Å²) < 4.78 is 0. The monoisotopic (exact) mass is 204 g/mol. The molecule has 0 aromatic heterocycles. The van der Waals surface area contributed by atoms with Crippen molar-refractivity contribution in [3.8, 4) is 0 Å². The molecule has 82 valence electrons. The van der Waals surface area contributed by atoms with E-state index in [9.17, 15) is 5.11 Å². The van der Waals surface area contributed by atoms with Gasteiger partial charge in [0.05, 0.1) is 0 Å². The van der Waals surface area contributed by atoms with E-state index in [1.807, 2.05) is 6.08 Å². The molecule has 0 radical (unpaired) electrons. The van der Waals surface area contributed by atoms with Gasteiger partial charge in [-0.15, -0.1) is 0 Å². The summed E-state index contributed by atoms with van der Waals surface area (Å²) in [6.07, 6.45) is 10.7. The highest BCUT2D eigenvalue weighted by Gasteiger charge is 2.39. The van der Waals surface area contributed by atoms with Crippen LogP contribution >= 0.6 is 0 Å². The second-order valence-corrected chi connectivity index (χ2v) is 5.07. The van der Waals surface area contributed by atoms with E-state index in [0.717, 1.165) is 18.4 Å². The zero-order chi connectivity index (χ0) is 10.9. The molecule has 0 bridgehead atoms. The summed E-state index contributed by atoms with van der Waals surface area (Å²) in [7, 11) is 0. The Morgan fingerprint density at radius 2 is 1.87 bits per heavy atom. The molecule has 0 unspecified atom stereocenters. The first-order valence-corrected chi connectivity index (χ1v) is 5.90. The largest absolute Gasteiger partial charge is 0.508 e. The van der Waals surface area contributed by atoms with E-state index in [2.05, 4.69) is 13.2 Å². The molecule has 0 atom stereocenters. The zero-order valence-electron chi connectivity index (χ0n) is 9.39. The number of aliphatic hydroxyl groups excluding tert-OH is 1. The van der Waals surface area contributed by atoms with Gasteiger partial charge in [-0.3, -0.25) is 0 Å². The minimum atomic E-state index is 0.257. The zero-order valence-corrected chi connectivity index (χ0v) is 9.39. The molecule has 1 heteroatoms. The van der Waals surface area contributed by atoms with E-state index in [4.69, 9.17) is 0 Å². The van der Waals surface area contributed by atoms with Gasteiger partial charge in [-0.25, -0.2) is 0 Å². The van der Waals surface area contributed by atoms with Crippen LogP contribution in [0.5, 0.6) is 0 Å². The molecule has 2 aliphatic rings. The number of aliphatic hydroxyl groups is 1. The van der Waals surface area contributed by atoms with Gasteiger partial charge in [0.15, 0.2) is 0 Å². The second kappa shape index (κ2) is 3.88. The van der Waals surface area contributed by atoms with Crippen molar-refractivity contribution in [3.63, 3.8) is 0 Å². The Balaban J connectivity index is 2.19. The molecule has 2 rings (SSSR count). The smallest absolute Gasteiger partial charge is 0.111 e. The Labute approximate surface area is 92.2 Å². The third kappa shape index (κ3) is 1.88. The minimum Gasteiger partial charge on any atom is -0.508 e. The number of allylic oxidation sites excluding steroid dienone is 3. The summed E-state index contributed by atoms with van der Waals surface area (Å²) in [6, 6.07) is 0. The Morgan fingerprint density at radius 1 is 1.20 bits per heavy atom. The lowest BCUT2D eigenvalue weighted by Gasteiger charge is -2.33. The van der Waals surface area contributed by atoms with Gasteiger partial charge in [0.1, 0.15) is 5.76 Å². The molecule has 1 N–H and O–H groups in total. The minimum absolute atomic E-state index is 0.257. The van der Waals surface area contributed by atoms with Crippen LogP contribution in [-0.2, 0) is 0 Å². The first-order chi connectivity index (χ1) is 7.17. The lowest BCUT2D eigenvalue weighted by molar-refractivity contribution is 0.200. The molecule has 15 heavy (non-hydrogen) atoms. The van der Waals surface area contributed by atoms with Gasteiger partial charge in [-0.2, -0.15) is 0 Å². The maximum Gasteiger partial charge on any atom is 0.111 e. The summed E-state index contributed by atoms with van der Waals surface area (Å²) in [5.74, 6) is 0.257. The average Bonchev–Trinajstić information content (AvgIpc) is 2.58. The molecular weight excluding hydrogens is 184 g/mol. The van der Waals surface area contributed by atoms with Gasteiger partial charge in [0.25, 0.3) is 0 Å². The van der Waals surface area contributed by atoms with Crippen LogP contribution in [0.1, 0.15) is 44.9 Å². The molecule has 0 amide bonds. The van der Waals surface area contributed by atoms with E-state index in [1.165, 1.54) is 37.7 Å². The summed E-state index contributed by atoms with van der Waals surface area (Å²) in [6.45, 7) is 7.51. The van der Waals surface area contributed by atoms with E-state index >= 15 is 0 Å². The Kier molecular flexibility index (Phi) is 2.72. The van der Waals surface area contributed by atoms with Gasteiger partial charge in [-0.05, 0) is 42.2 Å². The maximum atomic E-state index is 9.57. The topological polar surface area (TPSA) is 20.2 Å². The molecule has 1 spiro atoms. The van der Waals surface area contributed by atoms with Crippen LogP contribution in [0.3, 0.4) is 0 Å². The molecule has 1 nitrogen and oxygen atoms in total. The van der Waals surface area contributed by atoms with Crippen LogP contribution in [0.25, 0.3) is 0 Å². The Morgan fingerprint density at radius 3 is 2.33 bits per heavy atom. The quantitative estimate of drug-likeness (QED) is 0.665.